The first kappa shape index (κ1) is 25.7. The first-order chi connectivity index (χ1) is 17.6. The molecule has 0 radical (unpaired) electrons. The lowest BCUT2D eigenvalue weighted by Crippen LogP contribution is -2.62. The number of carbonyl (C=O) groups is 2. The molecule has 2 fully saturated rings. The van der Waals surface area contributed by atoms with Gasteiger partial charge in [0.2, 0.25) is 0 Å². The zero-order valence-electron chi connectivity index (χ0n) is 22.8. The van der Waals surface area contributed by atoms with Gasteiger partial charge in [0, 0.05) is 57.4 Å². The maximum atomic E-state index is 13.9. The maximum Gasteiger partial charge on any atom is 0.321 e. The lowest BCUT2D eigenvalue weighted by Gasteiger charge is -2.47. The molecule has 2 N–H and O–H groups in total. The van der Waals surface area contributed by atoms with Crippen LogP contribution in [0.1, 0.15) is 73.9 Å². The number of H-pyrrole nitrogens is 1. The zero-order valence-corrected chi connectivity index (χ0v) is 22.8. The fourth-order valence-electron chi connectivity index (χ4n) is 5.97. The van der Waals surface area contributed by atoms with E-state index >= 15 is 0 Å². The lowest BCUT2D eigenvalue weighted by molar-refractivity contribution is 0.00882. The number of amides is 3. The molecule has 2 aromatic heterocycles. The third-order valence-corrected chi connectivity index (χ3v) is 8.25. The standard InChI is InChI=1S/C26H39N7O4/c1-15-12-32(16(2)11-31(15)13-19-7-9-36-10-8-19)25(35)33-14-20-22(26(33,5)6)29-30-23(20)28-24(34)21-17(3)37-18(4)27-21/h15-16,19H,7-14H2,1-6H3,(H2,28,29,30,34)/t15-,16+/m1/s1. The van der Waals surface area contributed by atoms with Crippen LogP contribution in [-0.4, -0.2) is 86.8 Å². The summed E-state index contributed by atoms with van der Waals surface area (Å²) in [4.78, 5) is 37.3. The van der Waals surface area contributed by atoms with Crippen molar-refractivity contribution in [1.82, 2.24) is 29.9 Å². The number of oxazole rings is 1. The van der Waals surface area contributed by atoms with Crippen LogP contribution in [0.5, 0.6) is 0 Å². The van der Waals surface area contributed by atoms with Gasteiger partial charge in [-0.2, -0.15) is 5.10 Å². The van der Waals surface area contributed by atoms with Gasteiger partial charge in [-0.25, -0.2) is 9.78 Å². The van der Waals surface area contributed by atoms with Gasteiger partial charge in [-0.15, -0.1) is 0 Å². The molecule has 0 aromatic carbocycles. The number of urea groups is 1. The van der Waals surface area contributed by atoms with Crippen LogP contribution in [0.3, 0.4) is 0 Å². The number of nitrogens with one attached hydrogen (secondary N) is 2. The second-order valence-corrected chi connectivity index (χ2v) is 11.3. The van der Waals surface area contributed by atoms with E-state index in [0.29, 0.717) is 36.5 Å². The summed E-state index contributed by atoms with van der Waals surface area (Å²) in [6.07, 6.45) is 2.23. The van der Waals surface area contributed by atoms with Gasteiger partial charge in [0.05, 0.1) is 17.8 Å². The Kier molecular flexibility index (Phi) is 6.78. The van der Waals surface area contributed by atoms with E-state index in [0.717, 1.165) is 50.4 Å². The molecule has 0 bridgehead atoms. The van der Waals surface area contributed by atoms with E-state index in [-0.39, 0.29) is 29.7 Å². The number of nitrogens with zero attached hydrogens (tertiary/aromatic N) is 5. The molecule has 202 valence electrons. The smallest absolute Gasteiger partial charge is 0.321 e. The van der Waals surface area contributed by atoms with Gasteiger partial charge in [-0.1, -0.05) is 0 Å². The molecule has 2 atom stereocenters. The molecule has 5 heterocycles. The number of hydrogen-bond acceptors (Lipinski definition) is 7. The molecule has 0 spiro atoms. The summed E-state index contributed by atoms with van der Waals surface area (Å²) in [6, 6.07) is 0.408. The Balaban J connectivity index is 1.27. The summed E-state index contributed by atoms with van der Waals surface area (Å²) in [6.45, 7) is 16.5. The number of ether oxygens (including phenoxy) is 1. The number of anilines is 1. The summed E-state index contributed by atoms with van der Waals surface area (Å²) in [7, 11) is 0. The molecule has 5 rings (SSSR count). The van der Waals surface area contributed by atoms with Crippen molar-refractivity contribution >= 4 is 17.8 Å². The Morgan fingerprint density at radius 1 is 1.14 bits per heavy atom. The number of aromatic amines is 1. The minimum atomic E-state index is -0.592. The van der Waals surface area contributed by atoms with Crippen molar-refractivity contribution in [2.45, 2.75) is 78.6 Å². The second-order valence-electron chi connectivity index (χ2n) is 11.3. The molecular formula is C26H39N7O4. The second kappa shape index (κ2) is 9.75. The lowest BCUT2D eigenvalue weighted by atomic mass is 9.97. The number of rotatable bonds is 4. The van der Waals surface area contributed by atoms with Crippen molar-refractivity contribution in [3.05, 3.63) is 28.6 Å². The van der Waals surface area contributed by atoms with Gasteiger partial charge in [0.25, 0.3) is 5.91 Å². The Morgan fingerprint density at radius 3 is 2.54 bits per heavy atom. The Bertz CT molecular complexity index is 1170. The van der Waals surface area contributed by atoms with Crippen molar-refractivity contribution in [2.24, 2.45) is 5.92 Å². The van der Waals surface area contributed by atoms with Crippen LogP contribution in [0.15, 0.2) is 4.42 Å². The summed E-state index contributed by atoms with van der Waals surface area (Å²) in [5, 5.41) is 10.3. The third kappa shape index (κ3) is 4.74. The van der Waals surface area contributed by atoms with Crippen molar-refractivity contribution in [3.8, 4) is 0 Å². The Labute approximate surface area is 217 Å². The van der Waals surface area contributed by atoms with Crippen molar-refractivity contribution < 1.29 is 18.7 Å². The van der Waals surface area contributed by atoms with Gasteiger partial charge in [-0.05, 0) is 53.4 Å². The number of aromatic nitrogens is 3. The van der Waals surface area contributed by atoms with E-state index in [1.807, 2.05) is 23.6 Å². The highest BCUT2D eigenvalue weighted by Gasteiger charge is 2.47. The van der Waals surface area contributed by atoms with E-state index in [9.17, 15) is 9.59 Å². The van der Waals surface area contributed by atoms with Crippen molar-refractivity contribution in [2.75, 3.05) is 38.2 Å². The van der Waals surface area contributed by atoms with Gasteiger partial charge in [0.1, 0.15) is 5.76 Å². The fourth-order valence-corrected chi connectivity index (χ4v) is 5.97. The quantitative estimate of drug-likeness (QED) is 0.644. The summed E-state index contributed by atoms with van der Waals surface area (Å²) in [5.41, 5.74) is 1.30. The topological polar surface area (TPSA) is 120 Å². The molecule has 2 saturated heterocycles. The number of hydrogen-bond donors (Lipinski definition) is 2. The van der Waals surface area contributed by atoms with Gasteiger partial charge in [-0.3, -0.25) is 14.8 Å². The highest BCUT2D eigenvalue weighted by molar-refractivity contribution is 6.03. The summed E-state index contributed by atoms with van der Waals surface area (Å²) >= 11 is 0. The molecule has 0 unspecified atom stereocenters. The van der Waals surface area contributed by atoms with Crippen LogP contribution < -0.4 is 5.32 Å². The predicted octanol–water partition coefficient (Wildman–Crippen LogP) is 3.26. The minimum Gasteiger partial charge on any atom is -0.445 e. The largest absolute Gasteiger partial charge is 0.445 e. The van der Waals surface area contributed by atoms with E-state index in [4.69, 9.17) is 9.15 Å². The van der Waals surface area contributed by atoms with Crippen LogP contribution in [0.25, 0.3) is 0 Å². The van der Waals surface area contributed by atoms with Crippen LogP contribution in [0, 0.1) is 19.8 Å². The Morgan fingerprint density at radius 2 is 1.86 bits per heavy atom. The van der Waals surface area contributed by atoms with Crippen LogP contribution in [0.2, 0.25) is 0 Å². The van der Waals surface area contributed by atoms with E-state index < -0.39 is 5.54 Å². The number of aryl methyl sites for hydroxylation is 2. The van der Waals surface area contributed by atoms with Crippen molar-refractivity contribution in [1.29, 1.82) is 0 Å². The first-order valence-corrected chi connectivity index (χ1v) is 13.3. The highest BCUT2D eigenvalue weighted by Crippen LogP contribution is 2.41. The Hall–Kier alpha value is -2.92. The molecule has 3 aliphatic heterocycles. The molecule has 0 aliphatic carbocycles. The first-order valence-electron chi connectivity index (χ1n) is 13.3. The van der Waals surface area contributed by atoms with E-state index in [1.54, 1.807) is 13.8 Å². The monoisotopic (exact) mass is 513 g/mol. The predicted molar refractivity (Wildman–Crippen MR) is 137 cm³/mol. The van der Waals surface area contributed by atoms with E-state index in [1.165, 1.54) is 0 Å². The van der Waals surface area contributed by atoms with Crippen molar-refractivity contribution in [3.63, 3.8) is 0 Å². The number of carbonyl (C=O) groups excluding carboxylic acids is 2. The summed E-state index contributed by atoms with van der Waals surface area (Å²) < 4.78 is 10.9. The van der Waals surface area contributed by atoms with Gasteiger partial charge >= 0.3 is 6.03 Å². The molecule has 37 heavy (non-hydrogen) atoms. The zero-order chi connectivity index (χ0) is 26.5. The molecular weight excluding hydrogens is 474 g/mol. The van der Waals surface area contributed by atoms with Crippen LogP contribution in [-0.2, 0) is 16.8 Å². The average molecular weight is 514 g/mol. The SMILES string of the molecule is Cc1nc(C(=O)Nc2n[nH]c3c2CN(C(=O)N2C[C@@H](C)N(CC4CCOCC4)C[C@@H]2C)C3(C)C)c(C)o1. The number of piperazine rings is 1. The third-order valence-electron chi connectivity index (χ3n) is 8.25. The molecule has 3 aliphatic rings. The number of fused-ring (bicyclic) bond motifs is 1. The molecule has 11 heteroatoms. The highest BCUT2D eigenvalue weighted by atomic mass is 16.5. The average Bonchev–Trinajstić information content (AvgIpc) is 3.49. The normalized spacial score (nSPS) is 24.4. The molecule has 11 nitrogen and oxygen atoms in total. The minimum absolute atomic E-state index is 0.0138. The molecule has 2 aromatic rings. The van der Waals surface area contributed by atoms with Crippen LogP contribution >= 0.6 is 0 Å². The van der Waals surface area contributed by atoms with E-state index in [2.05, 4.69) is 39.2 Å². The maximum absolute atomic E-state index is 13.9. The van der Waals surface area contributed by atoms with Gasteiger partial charge in [0.15, 0.2) is 17.4 Å². The van der Waals surface area contributed by atoms with Crippen LogP contribution in [0.4, 0.5) is 10.6 Å². The fraction of sp³-hybridized carbons (Fsp3) is 0.692. The molecule has 0 saturated carbocycles. The summed E-state index contributed by atoms with van der Waals surface area (Å²) in [5.74, 6) is 1.60. The van der Waals surface area contributed by atoms with Gasteiger partial charge < -0.3 is 24.3 Å². The molecule has 3 amide bonds.